The SMILES string of the molecule is CCC(=O)NC1(c2ccccc2)CCC(c2ccccc2)(N(C)C)CC1. The molecule has 0 radical (unpaired) electrons. The van der Waals surface area contributed by atoms with Crippen molar-refractivity contribution in [1.82, 2.24) is 10.2 Å². The third kappa shape index (κ3) is 3.41. The highest BCUT2D eigenvalue weighted by molar-refractivity contribution is 5.76. The van der Waals surface area contributed by atoms with E-state index in [-0.39, 0.29) is 17.0 Å². The standard InChI is InChI=1S/C23H30N2O/c1-4-21(26)24-22(19-11-7-5-8-12-19)15-17-23(18-16-22,25(2)3)20-13-9-6-10-14-20/h5-14H,4,15-18H2,1-3H3,(H,24,26). The maximum absolute atomic E-state index is 12.3. The molecular formula is C23H30N2O. The molecule has 3 heteroatoms. The second-order valence-electron chi connectivity index (χ2n) is 7.64. The third-order valence-electron chi connectivity index (χ3n) is 6.12. The van der Waals surface area contributed by atoms with Crippen molar-refractivity contribution in [2.75, 3.05) is 14.1 Å². The summed E-state index contributed by atoms with van der Waals surface area (Å²) in [5, 5.41) is 3.37. The lowest BCUT2D eigenvalue weighted by Gasteiger charge is -2.50. The summed E-state index contributed by atoms with van der Waals surface area (Å²) >= 11 is 0. The number of benzene rings is 2. The lowest BCUT2D eigenvalue weighted by atomic mass is 9.66. The van der Waals surface area contributed by atoms with Crippen LogP contribution in [-0.4, -0.2) is 24.9 Å². The van der Waals surface area contributed by atoms with Crippen molar-refractivity contribution in [2.24, 2.45) is 0 Å². The second kappa shape index (κ2) is 7.63. The molecule has 1 aliphatic rings. The molecule has 138 valence electrons. The van der Waals surface area contributed by atoms with Crippen LogP contribution in [0.15, 0.2) is 60.7 Å². The van der Waals surface area contributed by atoms with Crippen molar-refractivity contribution in [3.63, 3.8) is 0 Å². The molecule has 1 saturated carbocycles. The minimum absolute atomic E-state index is 0.0243. The smallest absolute Gasteiger partial charge is 0.220 e. The van der Waals surface area contributed by atoms with Crippen LogP contribution >= 0.6 is 0 Å². The summed E-state index contributed by atoms with van der Waals surface area (Å²) in [5.74, 6) is 0.130. The van der Waals surface area contributed by atoms with E-state index in [9.17, 15) is 4.79 Å². The Hall–Kier alpha value is -2.13. The molecule has 1 amide bonds. The van der Waals surface area contributed by atoms with Crippen LogP contribution in [-0.2, 0) is 15.9 Å². The molecule has 0 aromatic heterocycles. The molecule has 3 nitrogen and oxygen atoms in total. The average molecular weight is 351 g/mol. The molecule has 1 fully saturated rings. The summed E-state index contributed by atoms with van der Waals surface area (Å²) < 4.78 is 0. The van der Waals surface area contributed by atoms with Gasteiger partial charge in [0.05, 0.1) is 5.54 Å². The molecule has 0 heterocycles. The van der Waals surface area contributed by atoms with Gasteiger partial charge in [0.15, 0.2) is 0 Å². The number of rotatable bonds is 5. The van der Waals surface area contributed by atoms with E-state index in [4.69, 9.17) is 0 Å². The van der Waals surface area contributed by atoms with Gasteiger partial charge in [-0.3, -0.25) is 9.69 Å². The molecule has 0 atom stereocenters. The summed E-state index contributed by atoms with van der Waals surface area (Å²) in [6.45, 7) is 1.92. The highest BCUT2D eigenvalue weighted by atomic mass is 16.1. The predicted molar refractivity (Wildman–Crippen MR) is 107 cm³/mol. The number of carbonyl (C=O) groups excluding carboxylic acids is 1. The average Bonchev–Trinajstić information content (AvgIpc) is 2.69. The van der Waals surface area contributed by atoms with E-state index < -0.39 is 0 Å². The van der Waals surface area contributed by atoms with Gasteiger partial charge in [0.25, 0.3) is 0 Å². The molecule has 1 aliphatic carbocycles. The second-order valence-corrected chi connectivity index (χ2v) is 7.64. The number of nitrogens with one attached hydrogen (secondary N) is 1. The molecule has 26 heavy (non-hydrogen) atoms. The van der Waals surface area contributed by atoms with E-state index in [1.165, 1.54) is 11.1 Å². The van der Waals surface area contributed by atoms with E-state index in [1.54, 1.807) is 0 Å². The lowest BCUT2D eigenvalue weighted by molar-refractivity contribution is -0.123. The zero-order chi connectivity index (χ0) is 18.6. The minimum Gasteiger partial charge on any atom is -0.347 e. The largest absolute Gasteiger partial charge is 0.347 e. The molecular weight excluding hydrogens is 320 g/mol. The van der Waals surface area contributed by atoms with E-state index in [2.05, 4.69) is 78.9 Å². The first-order chi connectivity index (χ1) is 12.5. The van der Waals surface area contributed by atoms with E-state index in [1.807, 2.05) is 13.0 Å². The van der Waals surface area contributed by atoms with Crippen LogP contribution < -0.4 is 5.32 Å². The lowest BCUT2D eigenvalue weighted by Crippen LogP contribution is -2.54. The van der Waals surface area contributed by atoms with Gasteiger partial charge in [-0.1, -0.05) is 67.6 Å². The highest BCUT2D eigenvalue weighted by Gasteiger charge is 2.46. The zero-order valence-electron chi connectivity index (χ0n) is 16.2. The maximum Gasteiger partial charge on any atom is 0.220 e. The topological polar surface area (TPSA) is 32.3 Å². The van der Waals surface area contributed by atoms with Crippen LogP contribution in [0.2, 0.25) is 0 Å². The Labute approximate surface area is 157 Å². The number of hydrogen-bond acceptors (Lipinski definition) is 2. The van der Waals surface area contributed by atoms with Crippen LogP contribution in [0, 0.1) is 0 Å². The first kappa shape index (κ1) is 18.7. The van der Waals surface area contributed by atoms with Crippen molar-refractivity contribution in [1.29, 1.82) is 0 Å². The van der Waals surface area contributed by atoms with Crippen molar-refractivity contribution in [2.45, 2.75) is 50.1 Å². The van der Waals surface area contributed by atoms with Crippen LogP contribution in [0.4, 0.5) is 0 Å². The number of hydrogen-bond donors (Lipinski definition) is 1. The molecule has 2 aromatic rings. The van der Waals surface area contributed by atoms with E-state index >= 15 is 0 Å². The Bertz CT molecular complexity index is 716. The Kier molecular flexibility index (Phi) is 5.47. The van der Waals surface area contributed by atoms with Crippen LogP contribution in [0.25, 0.3) is 0 Å². The molecule has 0 saturated heterocycles. The normalized spacial score (nSPS) is 25.8. The Balaban J connectivity index is 1.94. The first-order valence-corrected chi connectivity index (χ1v) is 9.62. The quantitative estimate of drug-likeness (QED) is 0.865. The molecule has 1 N–H and O–H groups in total. The van der Waals surface area contributed by atoms with Crippen molar-refractivity contribution in [3.05, 3.63) is 71.8 Å². The molecule has 0 unspecified atom stereocenters. The van der Waals surface area contributed by atoms with Gasteiger partial charge >= 0.3 is 0 Å². The zero-order valence-corrected chi connectivity index (χ0v) is 16.2. The number of carbonyl (C=O) groups is 1. The van der Waals surface area contributed by atoms with E-state index in [0.29, 0.717) is 6.42 Å². The van der Waals surface area contributed by atoms with Gasteiger partial charge < -0.3 is 5.32 Å². The van der Waals surface area contributed by atoms with Crippen molar-refractivity contribution < 1.29 is 4.79 Å². The summed E-state index contributed by atoms with van der Waals surface area (Å²) in [6.07, 6.45) is 4.43. The molecule has 0 aliphatic heterocycles. The van der Waals surface area contributed by atoms with Crippen molar-refractivity contribution in [3.8, 4) is 0 Å². The summed E-state index contributed by atoms with van der Waals surface area (Å²) in [4.78, 5) is 14.7. The number of nitrogens with zero attached hydrogens (tertiary/aromatic N) is 1. The summed E-state index contributed by atoms with van der Waals surface area (Å²) in [7, 11) is 4.35. The summed E-state index contributed by atoms with van der Waals surface area (Å²) in [6, 6.07) is 21.3. The Morgan fingerprint density at radius 1 is 0.885 bits per heavy atom. The number of amides is 1. The van der Waals surface area contributed by atoms with Gasteiger partial charge in [-0.2, -0.15) is 0 Å². The van der Waals surface area contributed by atoms with Gasteiger partial charge in [-0.15, -0.1) is 0 Å². The first-order valence-electron chi connectivity index (χ1n) is 9.62. The van der Waals surface area contributed by atoms with Crippen LogP contribution in [0.5, 0.6) is 0 Å². The van der Waals surface area contributed by atoms with Crippen LogP contribution in [0.1, 0.15) is 50.2 Å². The van der Waals surface area contributed by atoms with E-state index in [0.717, 1.165) is 25.7 Å². The molecule has 0 bridgehead atoms. The predicted octanol–water partition coefficient (Wildman–Crippen LogP) is 4.44. The van der Waals surface area contributed by atoms with Gasteiger partial charge in [-0.05, 0) is 50.9 Å². The molecule has 0 spiro atoms. The molecule has 2 aromatic carbocycles. The van der Waals surface area contributed by atoms with Gasteiger partial charge in [0, 0.05) is 12.0 Å². The van der Waals surface area contributed by atoms with Gasteiger partial charge in [0.2, 0.25) is 5.91 Å². The minimum atomic E-state index is -0.261. The fourth-order valence-electron chi connectivity index (χ4n) is 4.43. The van der Waals surface area contributed by atoms with Gasteiger partial charge in [0.1, 0.15) is 0 Å². The van der Waals surface area contributed by atoms with Crippen molar-refractivity contribution >= 4 is 5.91 Å². The summed E-state index contributed by atoms with van der Waals surface area (Å²) in [5.41, 5.74) is 2.36. The maximum atomic E-state index is 12.3. The fraction of sp³-hybridized carbons (Fsp3) is 0.435. The van der Waals surface area contributed by atoms with Gasteiger partial charge in [-0.25, -0.2) is 0 Å². The van der Waals surface area contributed by atoms with Crippen LogP contribution in [0.3, 0.4) is 0 Å². The monoisotopic (exact) mass is 350 g/mol. The Morgan fingerprint density at radius 2 is 1.38 bits per heavy atom. The fourth-order valence-corrected chi connectivity index (χ4v) is 4.43. The molecule has 3 rings (SSSR count). The Morgan fingerprint density at radius 3 is 1.85 bits per heavy atom. The third-order valence-corrected chi connectivity index (χ3v) is 6.12. The highest BCUT2D eigenvalue weighted by Crippen LogP contribution is 2.48.